The standard InChI is InChI=1S/C23H24N4O/c28-22(25-20-9-5-2-6-10-20)21-11-14-24-23(26-21)27-15-12-19(13-16-27)17-18-7-3-1-4-8-18/h1-11,14,19H,12-13,15-17H2,(H,25,28). The Morgan fingerprint density at radius 1 is 0.964 bits per heavy atom. The summed E-state index contributed by atoms with van der Waals surface area (Å²) in [5, 5.41) is 2.87. The summed E-state index contributed by atoms with van der Waals surface area (Å²) in [4.78, 5) is 23.6. The molecule has 0 bridgehead atoms. The first-order valence-electron chi connectivity index (χ1n) is 9.76. The fourth-order valence-corrected chi connectivity index (χ4v) is 3.63. The van der Waals surface area contributed by atoms with E-state index in [1.165, 1.54) is 5.56 Å². The van der Waals surface area contributed by atoms with Crippen molar-refractivity contribution < 1.29 is 4.79 Å². The molecule has 3 aromatic rings. The van der Waals surface area contributed by atoms with Gasteiger partial charge in [-0.15, -0.1) is 0 Å². The molecule has 1 N–H and O–H groups in total. The number of amides is 1. The largest absolute Gasteiger partial charge is 0.341 e. The molecule has 0 unspecified atom stereocenters. The minimum absolute atomic E-state index is 0.214. The molecule has 1 saturated heterocycles. The summed E-state index contributed by atoms with van der Waals surface area (Å²) in [5.74, 6) is 1.11. The van der Waals surface area contributed by atoms with Gasteiger partial charge < -0.3 is 10.2 Å². The number of carbonyl (C=O) groups excluding carboxylic acids is 1. The summed E-state index contributed by atoms with van der Waals surface area (Å²) >= 11 is 0. The molecule has 2 aromatic carbocycles. The predicted octanol–water partition coefficient (Wildman–Crippen LogP) is 4.19. The van der Waals surface area contributed by atoms with Crippen LogP contribution >= 0.6 is 0 Å². The van der Waals surface area contributed by atoms with E-state index in [1.54, 1.807) is 12.3 Å². The van der Waals surface area contributed by atoms with E-state index >= 15 is 0 Å². The predicted molar refractivity (Wildman–Crippen MR) is 112 cm³/mol. The molecule has 1 aromatic heterocycles. The number of anilines is 2. The van der Waals surface area contributed by atoms with Crippen LogP contribution in [0.2, 0.25) is 0 Å². The number of nitrogens with one attached hydrogen (secondary N) is 1. The smallest absolute Gasteiger partial charge is 0.274 e. The van der Waals surface area contributed by atoms with Crippen molar-refractivity contribution in [2.24, 2.45) is 5.92 Å². The van der Waals surface area contributed by atoms with Crippen LogP contribution in [-0.2, 0) is 6.42 Å². The molecule has 28 heavy (non-hydrogen) atoms. The Morgan fingerprint density at radius 3 is 2.36 bits per heavy atom. The number of carbonyl (C=O) groups is 1. The monoisotopic (exact) mass is 372 g/mol. The third-order valence-corrected chi connectivity index (χ3v) is 5.17. The fourth-order valence-electron chi connectivity index (χ4n) is 3.63. The number of aromatic nitrogens is 2. The Bertz CT molecular complexity index is 906. The summed E-state index contributed by atoms with van der Waals surface area (Å²) in [6.45, 7) is 1.84. The minimum atomic E-state index is -0.214. The van der Waals surface area contributed by atoms with Crippen LogP contribution in [0.15, 0.2) is 72.9 Å². The maximum atomic E-state index is 12.5. The van der Waals surface area contributed by atoms with Crippen LogP contribution in [0, 0.1) is 5.92 Å². The topological polar surface area (TPSA) is 58.1 Å². The van der Waals surface area contributed by atoms with Crippen molar-refractivity contribution in [1.29, 1.82) is 0 Å². The quantitative estimate of drug-likeness (QED) is 0.730. The van der Waals surface area contributed by atoms with Crippen molar-refractivity contribution in [2.45, 2.75) is 19.3 Å². The molecule has 0 spiro atoms. The molecule has 2 heterocycles. The summed E-state index contributed by atoms with van der Waals surface area (Å²) in [6, 6.07) is 21.7. The van der Waals surface area contributed by atoms with Gasteiger partial charge in [0.05, 0.1) is 0 Å². The molecule has 0 radical (unpaired) electrons. The lowest BCUT2D eigenvalue weighted by molar-refractivity contribution is 0.102. The maximum absolute atomic E-state index is 12.5. The molecule has 5 nitrogen and oxygen atoms in total. The van der Waals surface area contributed by atoms with Gasteiger partial charge in [-0.3, -0.25) is 4.79 Å². The highest BCUT2D eigenvalue weighted by Gasteiger charge is 2.22. The van der Waals surface area contributed by atoms with E-state index in [0.29, 0.717) is 17.6 Å². The minimum Gasteiger partial charge on any atom is -0.341 e. The molecule has 142 valence electrons. The normalized spacial score (nSPS) is 14.6. The second-order valence-electron chi connectivity index (χ2n) is 7.18. The van der Waals surface area contributed by atoms with Gasteiger partial charge in [0.2, 0.25) is 5.95 Å². The number of hydrogen-bond donors (Lipinski definition) is 1. The molecule has 0 saturated carbocycles. The number of para-hydroxylation sites is 1. The van der Waals surface area contributed by atoms with E-state index < -0.39 is 0 Å². The second-order valence-corrected chi connectivity index (χ2v) is 7.18. The average Bonchev–Trinajstić information content (AvgIpc) is 2.76. The maximum Gasteiger partial charge on any atom is 0.274 e. The number of nitrogens with zero attached hydrogens (tertiary/aromatic N) is 3. The Labute approximate surface area is 165 Å². The van der Waals surface area contributed by atoms with Crippen LogP contribution in [0.5, 0.6) is 0 Å². The molecule has 0 aliphatic carbocycles. The number of piperidine rings is 1. The van der Waals surface area contributed by atoms with Gasteiger partial charge in [0.15, 0.2) is 0 Å². The molecule has 4 rings (SSSR count). The van der Waals surface area contributed by atoms with Crippen LogP contribution in [0.1, 0.15) is 28.9 Å². The summed E-state index contributed by atoms with van der Waals surface area (Å²) in [5.41, 5.74) is 2.55. The van der Waals surface area contributed by atoms with Crippen molar-refractivity contribution >= 4 is 17.5 Å². The van der Waals surface area contributed by atoms with Gasteiger partial charge in [-0.1, -0.05) is 48.5 Å². The first-order chi connectivity index (χ1) is 13.8. The number of benzene rings is 2. The first-order valence-corrected chi connectivity index (χ1v) is 9.76. The second kappa shape index (κ2) is 8.65. The third-order valence-electron chi connectivity index (χ3n) is 5.17. The van der Waals surface area contributed by atoms with Gasteiger partial charge >= 0.3 is 0 Å². The van der Waals surface area contributed by atoms with Crippen LogP contribution < -0.4 is 10.2 Å². The van der Waals surface area contributed by atoms with Gasteiger partial charge in [-0.25, -0.2) is 9.97 Å². The van der Waals surface area contributed by atoms with E-state index in [4.69, 9.17) is 0 Å². The zero-order valence-corrected chi connectivity index (χ0v) is 15.8. The van der Waals surface area contributed by atoms with Gasteiger partial charge in [0, 0.05) is 25.0 Å². The molecule has 1 aliphatic heterocycles. The zero-order valence-electron chi connectivity index (χ0n) is 15.8. The lowest BCUT2D eigenvalue weighted by Gasteiger charge is -2.32. The van der Waals surface area contributed by atoms with Crippen molar-refractivity contribution in [3.63, 3.8) is 0 Å². The average molecular weight is 372 g/mol. The van der Waals surface area contributed by atoms with Gasteiger partial charge in [0.1, 0.15) is 5.69 Å². The van der Waals surface area contributed by atoms with Crippen LogP contribution in [0.25, 0.3) is 0 Å². The fraction of sp³-hybridized carbons (Fsp3) is 0.261. The van der Waals surface area contributed by atoms with E-state index in [0.717, 1.165) is 38.0 Å². The highest BCUT2D eigenvalue weighted by atomic mass is 16.1. The molecular formula is C23H24N4O. The Hall–Kier alpha value is -3.21. The van der Waals surface area contributed by atoms with E-state index in [2.05, 4.69) is 50.5 Å². The summed E-state index contributed by atoms with van der Waals surface area (Å²) in [7, 11) is 0. The molecule has 1 aliphatic rings. The Kier molecular flexibility index (Phi) is 5.61. The van der Waals surface area contributed by atoms with Crippen LogP contribution in [0.3, 0.4) is 0 Å². The summed E-state index contributed by atoms with van der Waals surface area (Å²) in [6.07, 6.45) is 5.00. The highest BCUT2D eigenvalue weighted by molar-refractivity contribution is 6.02. The van der Waals surface area contributed by atoms with Crippen LogP contribution in [-0.4, -0.2) is 29.0 Å². The number of hydrogen-bond acceptors (Lipinski definition) is 4. The van der Waals surface area contributed by atoms with Crippen molar-refractivity contribution in [3.05, 3.63) is 84.2 Å². The van der Waals surface area contributed by atoms with Gasteiger partial charge in [-0.05, 0) is 48.9 Å². The van der Waals surface area contributed by atoms with Crippen molar-refractivity contribution in [1.82, 2.24) is 9.97 Å². The molecule has 5 heteroatoms. The van der Waals surface area contributed by atoms with Gasteiger partial charge in [-0.2, -0.15) is 0 Å². The van der Waals surface area contributed by atoms with E-state index in [1.807, 2.05) is 30.3 Å². The van der Waals surface area contributed by atoms with E-state index in [9.17, 15) is 4.79 Å². The lowest BCUT2D eigenvalue weighted by Crippen LogP contribution is -2.35. The first kappa shape index (κ1) is 18.2. The lowest BCUT2D eigenvalue weighted by atomic mass is 9.90. The van der Waals surface area contributed by atoms with Crippen LogP contribution in [0.4, 0.5) is 11.6 Å². The number of rotatable bonds is 5. The Morgan fingerprint density at radius 2 is 1.64 bits per heavy atom. The molecular weight excluding hydrogens is 348 g/mol. The molecule has 1 amide bonds. The highest BCUT2D eigenvalue weighted by Crippen LogP contribution is 2.24. The molecule has 0 atom stereocenters. The Balaban J connectivity index is 1.36. The third kappa shape index (κ3) is 4.55. The van der Waals surface area contributed by atoms with Crippen molar-refractivity contribution in [2.75, 3.05) is 23.3 Å². The summed E-state index contributed by atoms with van der Waals surface area (Å²) < 4.78 is 0. The van der Waals surface area contributed by atoms with Crippen molar-refractivity contribution in [3.8, 4) is 0 Å². The van der Waals surface area contributed by atoms with Gasteiger partial charge in [0.25, 0.3) is 5.91 Å². The zero-order chi connectivity index (χ0) is 19.2. The molecule has 1 fully saturated rings. The SMILES string of the molecule is O=C(Nc1ccccc1)c1ccnc(N2CCC(Cc3ccccc3)CC2)n1. The van der Waals surface area contributed by atoms with E-state index in [-0.39, 0.29) is 5.91 Å².